The number of hydrogen-bond acceptors (Lipinski definition) is 2. The monoisotopic (exact) mass is 339 g/mol. The van der Waals surface area contributed by atoms with Gasteiger partial charge in [-0.05, 0) is 54.7 Å². The summed E-state index contributed by atoms with van der Waals surface area (Å²) >= 11 is 12.4. The van der Waals surface area contributed by atoms with Gasteiger partial charge in [0.15, 0.2) is 0 Å². The molecule has 1 heterocycles. The Morgan fingerprint density at radius 3 is 2.73 bits per heavy atom. The second-order valence-electron chi connectivity index (χ2n) is 7.68. The molecule has 0 spiro atoms. The van der Waals surface area contributed by atoms with Crippen LogP contribution in [0.25, 0.3) is 0 Å². The normalized spacial score (nSPS) is 37.5. The quantitative estimate of drug-likeness (QED) is 0.876. The maximum Gasteiger partial charge on any atom is 0.0595 e. The molecule has 0 amide bonds. The lowest BCUT2D eigenvalue weighted by Crippen LogP contribution is -2.38. The molecule has 3 aliphatic rings. The van der Waals surface area contributed by atoms with Crippen LogP contribution in [-0.2, 0) is 10.2 Å². The fraction of sp³-hybridized carbons (Fsp3) is 0.667. The van der Waals surface area contributed by atoms with Gasteiger partial charge in [-0.15, -0.1) is 0 Å². The zero-order valence-corrected chi connectivity index (χ0v) is 14.5. The number of halogens is 2. The van der Waals surface area contributed by atoms with Crippen molar-refractivity contribution in [2.45, 2.75) is 44.1 Å². The van der Waals surface area contributed by atoms with Crippen LogP contribution in [0.5, 0.6) is 0 Å². The summed E-state index contributed by atoms with van der Waals surface area (Å²) in [6.07, 6.45) is 5.29. The molecule has 120 valence electrons. The van der Waals surface area contributed by atoms with Crippen LogP contribution in [-0.4, -0.2) is 25.8 Å². The van der Waals surface area contributed by atoms with Crippen LogP contribution in [0, 0.1) is 11.3 Å². The van der Waals surface area contributed by atoms with Crippen molar-refractivity contribution >= 4 is 23.2 Å². The van der Waals surface area contributed by atoms with Crippen molar-refractivity contribution in [3.05, 3.63) is 33.8 Å². The molecule has 2 saturated carbocycles. The van der Waals surface area contributed by atoms with Gasteiger partial charge in [0.2, 0.25) is 0 Å². The minimum Gasteiger partial charge on any atom is -0.378 e. The molecule has 1 aliphatic heterocycles. The predicted molar refractivity (Wildman–Crippen MR) is 90.8 cm³/mol. The van der Waals surface area contributed by atoms with Gasteiger partial charge in [0.05, 0.1) is 16.1 Å². The van der Waals surface area contributed by atoms with Crippen LogP contribution in [0.3, 0.4) is 0 Å². The average Bonchev–Trinajstić information content (AvgIpc) is 3.18. The van der Waals surface area contributed by atoms with E-state index in [1.165, 1.54) is 18.4 Å². The van der Waals surface area contributed by atoms with Crippen molar-refractivity contribution in [1.82, 2.24) is 5.32 Å². The van der Waals surface area contributed by atoms with Gasteiger partial charge in [0.25, 0.3) is 0 Å². The van der Waals surface area contributed by atoms with Gasteiger partial charge in [0.1, 0.15) is 0 Å². The summed E-state index contributed by atoms with van der Waals surface area (Å²) in [5.41, 5.74) is 1.67. The largest absolute Gasteiger partial charge is 0.378 e. The van der Waals surface area contributed by atoms with Crippen molar-refractivity contribution in [3.8, 4) is 0 Å². The molecule has 1 saturated heterocycles. The maximum absolute atomic E-state index is 6.29. The van der Waals surface area contributed by atoms with E-state index in [2.05, 4.69) is 24.4 Å². The van der Waals surface area contributed by atoms with Crippen molar-refractivity contribution in [2.75, 3.05) is 19.7 Å². The van der Waals surface area contributed by atoms with Gasteiger partial charge in [-0.3, -0.25) is 0 Å². The highest BCUT2D eigenvalue weighted by Crippen LogP contribution is 2.57. The molecule has 1 aromatic rings. The van der Waals surface area contributed by atoms with Gasteiger partial charge >= 0.3 is 0 Å². The summed E-state index contributed by atoms with van der Waals surface area (Å²) in [5.74, 6) is 0.826. The molecule has 3 unspecified atom stereocenters. The summed E-state index contributed by atoms with van der Waals surface area (Å²) in [6, 6.07) is 6.16. The third kappa shape index (κ3) is 2.39. The first-order valence-corrected chi connectivity index (χ1v) is 9.06. The van der Waals surface area contributed by atoms with Gasteiger partial charge in [-0.25, -0.2) is 0 Å². The van der Waals surface area contributed by atoms with Crippen LogP contribution in [0.4, 0.5) is 0 Å². The molecule has 0 radical (unpaired) electrons. The first-order chi connectivity index (χ1) is 10.5. The van der Waals surface area contributed by atoms with Crippen molar-refractivity contribution in [1.29, 1.82) is 0 Å². The molecule has 3 fully saturated rings. The van der Waals surface area contributed by atoms with Crippen LogP contribution in [0.2, 0.25) is 10.0 Å². The Bertz CT molecular complexity index is 588. The molecule has 1 aromatic carbocycles. The van der Waals surface area contributed by atoms with Gasteiger partial charge in [-0.2, -0.15) is 0 Å². The summed E-state index contributed by atoms with van der Waals surface area (Å²) in [6.45, 7) is 5.41. The zero-order chi connectivity index (χ0) is 15.4. The SMILES string of the molecule is CC12CNCC1(c1ccc(Cl)c(Cl)c1)CC(OCC1CC1)C2. The fourth-order valence-electron chi connectivity index (χ4n) is 4.52. The molecule has 4 heteroatoms. The zero-order valence-electron chi connectivity index (χ0n) is 13.0. The molecule has 4 rings (SSSR count). The van der Waals surface area contributed by atoms with Crippen molar-refractivity contribution in [3.63, 3.8) is 0 Å². The van der Waals surface area contributed by atoms with Gasteiger partial charge < -0.3 is 10.1 Å². The third-order valence-electron chi connectivity index (χ3n) is 6.09. The Morgan fingerprint density at radius 1 is 1.18 bits per heavy atom. The minimum absolute atomic E-state index is 0.120. The lowest BCUT2D eigenvalue weighted by Gasteiger charge is -2.37. The first-order valence-electron chi connectivity index (χ1n) is 8.30. The van der Waals surface area contributed by atoms with Crippen LogP contribution >= 0.6 is 23.2 Å². The van der Waals surface area contributed by atoms with E-state index >= 15 is 0 Å². The number of benzene rings is 1. The molecule has 22 heavy (non-hydrogen) atoms. The second kappa shape index (κ2) is 5.37. The van der Waals surface area contributed by atoms with E-state index in [-0.39, 0.29) is 10.8 Å². The van der Waals surface area contributed by atoms with Crippen molar-refractivity contribution < 1.29 is 4.74 Å². The topological polar surface area (TPSA) is 21.3 Å². The summed E-state index contributed by atoms with van der Waals surface area (Å²) in [4.78, 5) is 0. The number of hydrogen-bond donors (Lipinski definition) is 1. The van der Waals surface area contributed by atoms with Crippen molar-refractivity contribution in [2.24, 2.45) is 11.3 Å². The standard InChI is InChI=1S/C18H23Cl2NO/c1-17-7-14(22-9-12-2-3-12)8-18(17,11-21-10-17)13-4-5-15(19)16(20)6-13/h4-6,12,14,21H,2-3,7-11H2,1H3. The van der Waals surface area contributed by atoms with Gasteiger partial charge in [0, 0.05) is 25.1 Å². The average molecular weight is 340 g/mol. The van der Waals surface area contributed by atoms with Crippen LogP contribution < -0.4 is 5.32 Å². The number of rotatable bonds is 4. The molecular weight excluding hydrogens is 317 g/mol. The molecule has 3 atom stereocenters. The molecule has 0 bridgehead atoms. The van der Waals surface area contributed by atoms with E-state index in [0.29, 0.717) is 16.1 Å². The van der Waals surface area contributed by atoms with Gasteiger partial charge in [-0.1, -0.05) is 36.2 Å². The summed E-state index contributed by atoms with van der Waals surface area (Å²) in [5, 5.41) is 4.90. The number of ether oxygens (including phenoxy) is 1. The smallest absolute Gasteiger partial charge is 0.0595 e. The lowest BCUT2D eigenvalue weighted by atomic mass is 9.65. The highest BCUT2D eigenvalue weighted by atomic mass is 35.5. The highest BCUT2D eigenvalue weighted by Gasteiger charge is 2.59. The summed E-state index contributed by atoms with van der Waals surface area (Å²) in [7, 11) is 0. The molecule has 1 N–H and O–H groups in total. The predicted octanol–water partition coefficient (Wildman–Crippen LogP) is 4.43. The third-order valence-corrected chi connectivity index (χ3v) is 6.83. The van der Waals surface area contributed by atoms with E-state index < -0.39 is 0 Å². The second-order valence-corrected chi connectivity index (χ2v) is 8.50. The Labute approximate surface area is 142 Å². The van der Waals surface area contributed by atoms with Crippen LogP contribution in [0.1, 0.15) is 38.2 Å². The Balaban J connectivity index is 1.62. The Hall–Kier alpha value is -0.280. The van der Waals surface area contributed by atoms with E-state index in [9.17, 15) is 0 Å². The fourth-order valence-corrected chi connectivity index (χ4v) is 4.82. The summed E-state index contributed by atoms with van der Waals surface area (Å²) < 4.78 is 6.24. The Kier molecular flexibility index (Phi) is 3.73. The molecule has 0 aromatic heterocycles. The number of nitrogens with one attached hydrogen (secondary N) is 1. The van der Waals surface area contributed by atoms with Crippen LogP contribution in [0.15, 0.2) is 18.2 Å². The van der Waals surface area contributed by atoms with E-state index in [1.54, 1.807) is 0 Å². The van der Waals surface area contributed by atoms with E-state index in [1.807, 2.05) is 6.07 Å². The number of fused-ring (bicyclic) bond motifs is 1. The first kappa shape index (κ1) is 15.3. The maximum atomic E-state index is 6.29. The molecule has 2 nitrogen and oxygen atoms in total. The molecular formula is C18H23Cl2NO. The Morgan fingerprint density at radius 2 is 2.00 bits per heavy atom. The van der Waals surface area contributed by atoms with E-state index in [4.69, 9.17) is 27.9 Å². The van der Waals surface area contributed by atoms with E-state index in [0.717, 1.165) is 38.5 Å². The molecule has 2 aliphatic carbocycles. The minimum atomic E-state index is 0.120. The lowest BCUT2D eigenvalue weighted by molar-refractivity contribution is 0.0418. The highest BCUT2D eigenvalue weighted by molar-refractivity contribution is 6.42.